The van der Waals surface area contributed by atoms with Crippen LogP contribution in [-0.4, -0.2) is 32.8 Å². The van der Waals surface area contributed by atoms with E-state index >= 15 is 0 Å². The molecule has 0 saturated heterocycles. The number of aromatic nitrogens is 1. The summed E-state index contributed by atoms with van der Waals surface area (Å²) < 4.78 is 10.5. The van der Waals surface area contributed by atoms with Gasteiger partial charge in [-0.2, -0.15) is 0 Å². The molecule has 2 aromatic rings. The molecular formula is C17H20NO4PS. The zero-order valence-corrected chi connectivity index (χ0v) is 15.0. The lowest BCUT2D eigenvalue weighted by atomic mass is 9.94. The van der Waals surface area contributed by atoms with E-state index in [9.17, 15) is 19.6 Å². The van der Waals surface area contributed by atoms with Crippen LogP contribution >= 0.6 is 20.2 Å². The maximum absolute atomic E-state index is 11.5. The van der Waals surface area contributed by atoms with Gasteiger partial charge in [-0.05, 0) is 30.9 Å². The first-order valence-corrected chi connectivity index (χ1v) is 9.61. The van der Waals surface area contributed by atoms with Crippen LogP contribution in [0, 0.1) is 11.8 Å². The van der Waals surface area contributed by atoms with Gasteiger partial charge in [-0.1, -0.05) is 43.0 Å². The summed E-state index contributed by atoms with van der Waals surface area (Å²) in [5.41, 5.74) is -0.271. The molecule has 0 fully saturated rings. The van der Waals surface area contributed by atoms with Gasteiger partial charge >= 0.3 is 5.97 Å². The zero-order valence-electron chi connectivity index (χ0n) is 13.3. The smallest absolute Gasteiger partial charge is 0.310 e. The molecule has 0 aliphatic carbocycles. The molecule has 5 nitrogen and oxygen atoms in total. The maximum atomic E-state index is 11.5. The predicted octanol–water partition coefficient (Wildman–Crippen LogP) is 4.05. The molecule has 7 heteroatoms. The standard InChI is InChI=1S/C17H20NO4PS/c1-11(8-9-23-22)10-13(16(19)20)17(21)24-15-7-6-12-4-2-3-5-14(12)18-15/h2-7,11,13,17,21H,8-10H2,1H3,(H,19,20). The number of aliphatic carboxylic acids is 1. The summed E-state index contributed by atoms with van der Waals surface area (Å²) in [6.45, 7) is 1.91. The van der Waals surface area contributed by atoms with Gasteiger partial charge in [0, 0.05) is 11.5 Å². The number of benzene rings is 1. The number of carbonyl (C=O) groups is 1. The Labute approximate surface area is 146 Å². The van der Waals surface area contributed by atoms with Crippen molar-refractivity contribution in [1.82, 2.24) is 4.98 Å². The number of rotatable bonds is 9. The van der Waals surface area contributed by atoms with Crippen molar-refractivity contribution in [2.24, 2.45) is 11.8 Å². The summed E-state index contributed by atoms with van der Waals surface area (Å²) in [6, 6.07) is 11.3. The van der Waals surface area contributed by atoms with Gasteiger partial charge < -0.3 is 10.2 Å². The molecule has 0 saturated carbocycles. The first-order chi connectivity index (χ1) is 11.5. The molecule has 0 amide bonds. The van der Waals surface area contributed by atoms with Crippen molar-refractivity contribution < 1.29 is 19.6 Å². The van der Waals surface area contributed by atoms with Crippen LogP contribution in [0.4, 0.5) is 0 Å². The maximum Gasteiger partial charge on any atom is 0.310 e. The van der Waals surface area contributed by atoms with Crippen LogP contribution in [0.25, 0.3) is 10.9 Å². The quantitative estimate of drug-likeness (QED) is 0.396. The van der Waals surface area contributed by atoms with Crippen LogP contribution in [0.3, 0.4) is 0 Å². The highest BCUT2D eigenvalue weighted by Crippen LogP contribution is 2.31. The fourth-order valence-electron chi connectivity index (χ4n) is 2.48. The first-order valence-electron chi connectivity index (χ1n) is 7.73. The first kappa shape index (κ1) is 18.8. The Morgan fingerprint density at radius 3 is 2.75 bits per heavy atom. The van der Waals surface area contributed by atoms with E-state index in [0.29, 0.717) is 24.0 Å². The summed E-state index contributed by atoms with van der Waals surface area (Å²) in [4.78, 5) is 15.9. The number of fused-ring (bicyclic) bond motifs is 1. The molecule has 2 rings (SSSR count). The molecule has 0 bridgehead atoms. The fourth-order valence-corrected chi connectivity index (χ4v) is 3.97. The van der Waals surface area contributed by atoms with Crippen LogP contribution < -0.4 is 0 Å². The van der Waals surface area contributed by atoms with E-state index in [2.05, 4.69) is 4.98 Å². The minimum absolute atomic E-state index is 0.0659. The molecule has 1 aromatic carbocycles. The molecule has 0 aliphatic heterocycles. The van der Waals surface area contributed by atoms with Crippen molar-refractivity contribution in [2.45, 2.75) is 30.2 Å². The van der Waals surface area contributed by atoms with Crippen molar-refractivity contribution in [3.63, 3.8) is 0 Å². The second-order valence-electron chi connectivity index (χ2n) is 5.78. The highest BCUT2D eigenvalue weighted by molar-refractivity contribution is 7.99. The summed E-state index contributed by atoms with van der Waals surface area (Å²) in [7, 11) is 0.0659. The third kappa shape index (κ3) is 5.26. The van der Waals surface area contributed by atoms with Crippen LogP contribution in [0.5, 0.6) is 0 Å². The number of aliphatic hydroxyl groups excluding tert-OH is 1. The fraction of sp³-hybridized carbons (Fsp3) is 0.412. The van der Waals surface area contributed by atoms with Gasteiger partial charge in [0.25, 0.3) is 0 Å². The molecule has 3 unspecified atom stereocenters. The Hall–Kier alpha value is -1.49. The van der Waals surface area contributed by atoms with Gasteiger partial charge in [0.05, 0.1) is 16.5 Å². The van der Waals surface area contributed by atoms with Gasteiger partial charge in [-0.15, -0.1) is 0 Å². The Morgan fingerprint density at radius 1 is 1.29 bits per heavy atom. The van der Waals surface area contributed by atoms with E-state index in [0.717, 1.165) is 22.7 Å². The Bertz CT molecular complexity index is 712. The van der Waals surface area contributed by atoms with Gasteiger partial charge in [0.2, 0.25) is 0 Å². The molecular weight excluding hydrogens is 345 g/mol. The number of aliphatic hydroxyl groups is 1. The molecule has 24 heavy (non-hydrogen) atoms. The number of pyridine rings is 1. The number of hydrogen-bond donors (Lipinski definition) is 2. The lowest BCUT2D eigenvalue weighted by Gasteiger charge is -2.21. The van der Waals surface area contributed by atoms with Gasteiger partial charge in [0.1, 0.15) is 5.44 Å². The molecule has 3 atom stereocenters. The molecule has 1 aromatic heterocycles. The van der Waals surface area contributed by atoms with Gasteiger partial charge in [-0.3, -0.25) is 9.36 Å². The topological polar surface area (TPSA) is 87.5 Å². The minimum atomic E-state index is -1.08. The third-order valence-corrected chi connectivity index (χ3v) is 5.32. The Kier molecular flexibility index (Phi) is 7.16. The van der Waals surface area contributed by atoms with E-state index in [1.807, 2.05) is 37.3 Å². The molecule has 1 heterocycles. The van der Waals surface area contributed by atoms with E-state index in [-0.39, 0.29) is 14.4 Å². The summed E-state index contributed by atoms with van der Waals surface area (Å²) in [5, 5.41) is 21.4. The average molecular weight is 365 g/mol. The van der Waals surface area contributed by atoms with Crippen LogP contribution in [0.15, 0.2) is 41.4 Å². The summed E-state index contributed by atoms with van der Waals surface area (Å²) >= 11 is 1.06. The van der Waals surface area contributed by atoms with Crippen LogP contribution in [0.1, 0.15) is 19.8 Å². The minimum Gasteiger partial charge on any atom is -0.481 e. The largest absolute Gasteiger partial charge is 0.481 e. The van der Waals surface area contributed by atoms with Crippen molar-refractivity contribution >= 4 is 37.1 Å². The summed E-state index contributed by atoms with van der Waals surface area (Å²) in [5.74, 6) is -1.84. The van der Waals surface area contributed by atoms with Gasteiger partial charge in [-0.25, -0.2) is 4.98 Å². The van der Waals surface area contributed by atoms with Crippen molar-refractivity contribution in [2.75, 3.05) is 6.16 Å². The zero-order chi connectivity index (χ0) is 17.5. The summed E-state index contributed by atoms with van der Waals surface area (Å²) in [6.07, 6.45) is 1.51. The predicted molar refractivity (Wildman–Crippen MR) is 95.6 cm³/mol. The molecule has 128 valence electrons. The second-order valence-corrected chi connectivity index (χ2v) is 7.62. The highest BCUT2D eigenvalue weighted by atomic mass is 32.2. The lowest BCUT2D eigenvalue weighted by Crippen LogP contribution is -2.27. The van der Waals surface area contributed by atoms with Crippen molar-refractivity contribution in [3.05, 3.63) is 36.4 Å². The monoisotopic (exact) mass is 365 g/mol. The Morgan fingerprint density at radius 2 is 2.04 bits per heavy atom. The van der Waals surface area contributed by atoms with E-state index in [1.54, 1.807) is 6.07 Å². The van der Waals surface area contributed by atoms with Crippen molar-refractivity contribution in [3.8, 4) is 0 Å². The second kappa shape index (κ2) is 9.11. The van der Waals surface area contributed by atoms with E-state index in [4.69, 9.17) is 0 Å². The lowest BCUT2D eigenvalue weighted by molar-refractivity contribution is -0.144. The number of thioether (sulfide) groups is 1. The molecule has 0 radical (unpaired) electrons. The SMILES string of the molecule is CC(CCP=O)CC(C(=O)O)C(O)Sc1ccc2ccccc2n1. The normalized spacial score (nSPS) is 15.2. The van der Waals surface area contributed by atoms with E-state index in [1.165, 1.54) is 0 Å². The number of carboxylic acids is 1. The van der Waals surface area contributed by atoms with Crippen LogP contribution in [0.2, 0.25) is 0 Å². The Balaban J connectivity index is 2.06. The van der Waals surface area contributed by atoms with Crippen LogP contribution in [-0.2, 0) is 9.36 Å². The number of para-hydroxylation sites is 1. The third-order valence-electron chi connectivity index (χ3n) is 3.85. The van der Waals surface area contributed by atoms with Crippen molar-refractivity contribution in [1.29, 1.82) is 0 Å². The molecule has 0 aliphatic rings. The molecule has 2 N–H and O–H groups in total. The molecule has 0 spiro atoms. The average Bonchev–Trinajstić information content (AvgIpc) is 2.57. The highest BCUT2D eigenvalue weighted by Gasteiger charge is 2.29. The number of carboxylic acid groups (broad SMARTS) is 1. The number of nitrogens with zero attached hydrogens (tertiary/aromatic N) is 1. The van der Waals surface area contributed by atoms with E-state index < -0.39 is 17.3 Å². The number of hydrogen-bond acceptors (Lipinski definition) is 5. The van der Waals surface area contributed by atoms with Gasteiger partial charge in [0.15, 0.2) is 8.46 Å².